The van der Waals surface area contributed by atoms with E-state index in [0.717, 1.165) is 44.9 Å². The van der Waals surface area contributed by atoms with Crippen molar-refractivity contribution in [2.45, 2.75) is 110 Å². The maximum absolute atomic E-state index is 13.7. The largest absolute Gasteiger partial charge is 0.462 e. The number of esters is 2. The second-order valence-corrected chi connectivity index (χ2v) is 12.5. The van der Waals surface area contributed by atoms with E-state index < -0.39 is 17.4 Å². The van der Waals surface area contributed by atoms with Crippen LogP contribution in [0.1, 0.15) is 86.5 Å². The van der Waals surface area contributed by atoms with E-state index in [9.17, 15) is 14.4 Å². The molecular formula is C28H40O7. The van der Waals surface area contributed by atoms with Gasteiger partial charge in [0.05, 0.1) is 6.10 Å². The smallest absolute Gasteiger partial charge is 0.303 e. The van der Waals surface area contributed by atoms with Crippen LogP contribution in [0.3, 0.4) is 0 Å². The zero-order valence-corrected chi connectivity index (χ0v) is 22.0. The molecule has 0 amide bonds. The predicted molar refractivity (Wildman–Crippen MR) is 127 cm³/mol. The molecule has 194 valence electrons. The van der Waals surface area contributed by atoms with Crippen molar-refractivity contribution in [3.8, 4) is 0 Å². The Morgan fingerprint density at radius 3 is 2.46 bits per heavy atom. The fourth-order valence-corrected chi connectivity index (χ4v) is 8.84. The highest BCUT2D eigenvalue weighted by Crippen LogP contribution is 2.70. The molecule has 35 heavy (non-hydrogen) atoms. The second-order valence-electron chi connectivity index (χ2n) is 12.5. The number of carbonyl (C=O) groups is 3. The Kier molecular flexibility index (Phi) is 5.80. The lowest BCUT2D eigenvalue weighted by molar-refractivity contribution is -0.215. The summed E-state index contributed by atoms with van der Waals surface area (Å²) in [7, 11) is 0. The standard InChI is InChI=1S/C28H40O7/c1-16(29)32-15-23(31)28-24(34-25(3,4)35-28)14-22-20-8-7-18-13-19(33-17(2)30)9-11-26(18,5)21(20)10-12-27(22,28)6/h7,19-22,24H,8-15H2,1-6H3/t19-,20-,21+,22+,24-,26+,27+,28-/m1/s1. The van der Waals surface area contributed by atoms with Crippen molar-refractivity contribution >= 4 is 17.7 Å². The molecule has 8 atom stereocenters. The lowest BCUT2D eigenvalue weighted by atomic mass is 9.46. The van der Waals surface area contributed by atoms with Crippen LogP contribution in [0.2, 0.25) is 0 Å². The first-order chi connectivity index (χ1) is 16.3. The Balaban J connectivity index is 1.46. The normalized spacial score (nSPS) is 45.3. The molecule has 0 N–H and O–H groups in total. The summed E-state index contributed by atoms with van der Waals surface area (Å²) in [6.45, 7) is 10.9. The number of ketones is 1. The molecule has 1 saturated heterocycles. The molecule has 1 heterocycles. The molecule has 0 unspecified atom stereocenters. The number of rotatable bonds is 4. The second kappa shape index (κ2) is 8.14. The third-order valence-electron chi connectivity index (χ3n) is 10.2. The van der Waals surface area contributed by atoms with Gasteiger partial charge in [0.15, 0.2) is 18.0 Å². The van der Waals surface area contributed by atoms with Gasteiger partial charge >= 0.3 is 11.9 Å². The lowest BCUT2D eigenvalue weighted by Crippen LogP contribution is -2.61. The number of ether oxygens (including phenoxy) is 4. The number of fused-ring (bicyclic) bond motifs is 7. The van der Waals surface area contributed by atoms with Gasteiger partial charge in [-0.3, -0.25) is 14.4 Å². The highest BCUT2D eigenvalue weighted by molar-refractivity contribution is 5.92. The molecule has 0 radical (unpaired) electrons. The van der Waals surface area contributed by atoms with Crippen LogP contribution in [0, 0.1) is 28.6 Å². The van der Waals surface area contributed by atoms with Crippen LogP contribution < -0.4 is 0 Å². The molecule has 7 nitrogen and oxygen atoms in total. The van der Waals surface area contributed by atoms with Crippen molar-refractivity contribution < 1.29 is 33.3 Å². The Bertz CT molecular complexity index is 968. The molecular weight excluding hydrogens is 448 g/mol. The fourth-order valence-electron chi connectivity index (χ4n) is 8.84. The van der Waals surface area contributed by atoms with Gasteiger partial charge < -0.3 is 18.9 Å². The Morgan fingerprint density at radius 1 is 1.03 bits per heavy atom. The summed E-state index contributed by atoms with van der Waals surface area (Å²) in [5.74, 6) is -0.461. The van der Waals surface area contributed by atoms with Crippen LogP contribution in [-0.4, -0.2) is 47.9 Å². The van der Waals surface area contributed by atoms with Crippen molar-refractivity contribution in [2.75, 3.05) is 6.61 Å². The van der Waals surface area contributed by atoms with Gasteiger partial charge in [-0.1, -0.05) is 25.5 Å². The minimum absolute atomic E-state index is 0.0192. The Labute approximate surface area is 208 Å². The van der Waals surface area contributed by atoms with E-state index in [1.807, 2.05) is 13.8 Å². The van der Waals surface area contributed by atoms with Gasteiger partial charge in [0.1, 0.15) is 6.10 Å². The molecule has 0 aromatic rings. The summed E-state index contributed by atoms with van der Waals surface area (Å²) in [6, 6.07) is 0. The lowest BCUT2D eigenvalue weighted by Gasteiger charge is -2.59. The molecule has 7 heteroatoms. The van der Waals surface area contributed by atoms with Gasteiger partial charge in [-0.15, -0.1) is 0 Å². The molecule has 5 rings (SSSR count). The molecule has 4 fully saturated rings. The van der Waals surface area contributed by atoms with Crippen LogP contribution in [0.5, 0.6) is 0 Å². The van der Waals surface area contributed by atoms with Gasteiger partial charge in [-0.05, 0) is 75.5 Å². The van der Waals surface area contributed by atoms with E-state index in [2.05, 4.69) is 19.9 Å². The van der Waals surface area contributed by atoms with Crippen molar-refractivity contribution in [1.82, 2.24) is 0 Å². The Hall–Kier alpha value is -1.73. The molecule has 0 spiro atoms. The summed E-state index contributed by atoms with van der Waals surface area (Å²) < 4.78 is 23.7. The van der Waals surface area contributed by atoms with Gasteiger partial charge in [0.25, 0.3) is 0 Å². The van der Waals surface area contributed by atoms with Crippen LogP contribution in [-0.2, 0) is 33.3 Å². The molecule has 0 aromatic carbocycles. The van der Waals surface area contributed by atoms with Crippen LogP contribution in [0.25, 0.3) is 0 Å². The van der Waals surface area contributed by atoms with E-state index in [0.29, 0.717) is 11.8 Å². The van der Waals surface area contributed by atoms with E-state index in [4.69, 9.17) is 18.9 Å². The third kappa shape index (κ3) is 3.63. The SMILES string of the molecule is CC(=O)OCC(=O)[C@@]12OC(C)(C)O[C@@H]1C[C@H]1[C@@H]3CC=C4C[C@H](OC(C)=O)CC[C@]4(C)[C@H]3CC[C@@]12C. The van der Waals surface area contributed by atoms with Crippen LogP contribution >= 0.6 is 0 Å². The van der Waals surface area contributed by atoms with Gasteiger partial charge in [0.2, 0.25) is 5.78 Å². The number of carbonyl (C=O) groups excluding carboxylic acids is 3. The van der Waals surface area contributed by atoms with Gasteiger partial charge in [0, 0.05) is 25.7 Å². The summed E-state index contributed by atoms with van der Waals surface area (Å²) in [6.07, 6.45) is 8.41. The molecule has 0 bridgehead atoms. The fraction of sp³-hybridized carbons (Fsp3) is 0.821. The van der Waals surface area contributed by atoms with Gasteiger partial charge in [-0.25, -0.2) is 0 Å². The van der Waals surface area contributed by atoms with E-state index in [-0.39, 0.29) is 47.3 Å². The number of allylic oxidation sites excluding steroid dienone is 1. The minimum Gasteiger partial charge on any atom is -0.462 e. The number of hydrogen-bond donors (Lipinski definition) is 0. The monoisotopic (exact) mass is 488 g/mol. The highest BCUT2D eigenvalue weighted by atomic mass is 16.8. The molecule has 0 aromatic heterocycles. The molecule has 4 aliphatic carbocycles. The first-order valence-electron chi connectivity index (χ1n) is 13.2. The zero-order valence-electron chi connectivity index (χ0n) is 22.0. The van der Waals surface area contributed by atoms with Crippen molar-refractivity contribution in [1.29, 1.82) is 0 Å². The average molecular weight is 489 g/mol. The predicted octanol–water partition coefficient (Wildman–Crippen LogP) is 4.51. The summed E-state index contributed by atoms with van der Waals surface area (Å²) in [5.41, 5.74) is 0.0429. The topological polar surface area (TPSA) is 88.1 Å². The summed E-state index contributed by atoms with van der Waals surface area (Å²) >= 11 is 0. The molecule has 3 saturated carbocycles. The minimum atomic E-state index is -1.10. The van der Waals surface area contributed by atoms with Crippen LogP contribution in [0.4, 0.5) is 0 Å². The van der Waals surface area contributed by atoms with Crippen molar-refractivity contribution in [3.05, 3.63) is 11.6 Å². The van der Waals surface area contributed by atoms with E-state index in [1.54, 1.807) is 0 Å². The molecule has 5 aliphatic rings. The van der Waals surface area contributed by atoms with Crippen LogP contribution in [0.15, 0.2) is 11.6 Å². The average Bonchev–Trinajstić information content (AvgIpc) is 3.17. The van der Waals surface area contributed by atoms with Gasteiger partial charge in [-0.2, -0.15) is 0 Å². The zero-order chi connectivity index (χ0) is 25.4. The first-order valence-corrected chi connectivity index (χ1v) is 13.2. The maximum Gasteiger partial charge on any atom is 0.303 e. The van der Waals surface area contributed by atoms with E-state index >= 15 is 0 Å². The number of hydrogen-bond acceptors (Lipinski definition) is 7. The first kappa shape index (κ1) is 24.9. The highest BCUT2D eigenvalue weighted by Gasteiger charge is 2.75. The quantitative estimate of drug-likeness (QED) is 0.425. The molecule has 1 aliphatic heterocycles. The third-order valence-corrected chi connectivity index (χ3v) is 10.2. The Morgan fingerprint density at radius 2 is 1.77 bits per heavy atom. The maximum atomic E-state index is 13.7. The van der Waals surface area contributed by atoms with Crippen molar-refractivity contribution in [2.24, 2.45) is 28.6 Å². The summed E-state index contributed by atoms with van der Waals surface area (Å²) in [5, 5.41) is 0. The van der Waals surface area contributed by atoms with E-state index in [1.165, 1.54) is 19.4 Å². The van der Waals surface area contributed by atoms with Crippen molar-refractivity contribution in [3.63, 3.8) is 0 Å². The number of Topliss-reactive ketones (excluding diaryl/α,β-unsaturated/α-hetero) is 1. The summed E-state index contributed by atoms with van der Waals surface area (Å²) in [4.78, 5) is 36.8.